The monoisotopic (exact) mass is 197 g/mol. The maximum atomic E-state index is 11.0. The standard InChI is InChI=1S/C9H8ClNO2/c1-13-8-2-5-3-9(12)11-7(5)4-6(8)10/h2,4H,3H2,1H3,(H,11,12). The molecule has 1 N–H and O–H groups in total. The van der Waals surface area contributed by atoms with Crippen molar-refractivity contribution in [3.05, 3.63) is 22.7 Å². The first-order valence-electron chi connectivity index (χ1n) is 3.87. The van der Waals surface area contributed by atoms with Crippen LogP contribution in [0.15, 0.2) is 12.1 Å². The summed E-state index contributed by atoms with van der Waals surface area (Å²) < 4.78 is 5.03. The molecule has 1 aromatic rings. The molecule has 0 bridgehead atoms. The Morgan fingerprint density at radius 1 is 1.54 bits per heavy atom. The van der Waals surface area contributed by atoms with E-state index in [0.29, 0.717) is 17.2 Å². The second-order valence-corrected chi connectivity index (χ2v) is 3.28. The number of rotatable bonds is 1. The van der Waals surface area contributed by atoms with E-state index in [9.17, 15) is 4.79 Å². The van der Waals surface area contributed by atoms with E-state index in [1.165, 1.54) is 0 Å². The number of hydrogen-bond donors (Lipinski definition) is 1. The van der Waals surface area contributed by atoms with Crippen molar-refractivity contribution in [2.24, 2.45) is 0 Å². The van der Waals surface area contributed by atoms with Gasteiger partial charge < -0.3 is 10.1 Å². The summed E-state index contributed by atoms with van der Waals surface area (Å²) in [5.74, 6) is 0.608. The molecule has 1 aliphatic rings. The van der Waals surface area contributed by atoms with Gasteiger partial charge in [0.2, 0.25) is 5.91 Å². The van der Waals surface area contributed by atoms with E-state index in [1.54, 1.807) is 19.2 Å². The number of benzene rings is 1. The quantitative estimate of drug-likeness (QED) is 0.746. The van der Waals surface area contributed by atoms with Crippen molar-refractivity contribution in [1.82, 2.24) is 0 Å². The Labute approximate surface area is 80.6 Å². The van der Waals surface area contributed by atoms with Gasteiger partial charge in [-0.25, -0.2) is 0 Å². The van der Waals surface area contributed by atoms with Crippen LogP contribution in [0.2, 0.25) is 5.02 Å². The van der Waals surface area contributed by atoms with Crippen LogP contribution in [0.1, 0.15) is 5.56 Å². The van der Waals surface area contributed by atoms with Crippen LogP contribution in [-0.4, -0.2) is 13.0 Å². The fraction of sp³-hybridized carbons (Fsp3) is 0.222. The number of carbonyl (C=O) groups excluding carboxylic acids is 1. The molecule has 1 amide bonds. The Balaban J connectivity index is 2.50. The number of nitrogens with one attached hydrogen (secondary N) is 1. The van der Waals surface area contributed by atoms with E-state index in [2.05, 4.69) is 5.32 Å². The third-order valence-corrected chi connectivity index (χ3v) is 2.30. The summed E-state index contributed by atoms with van der Waals surface area (Å²) >= 11 is 5.88. The van der Waals surface area contributed by atoms with E-state index in [4.69, 9.17) is 16.3 Å². The highest BCUT2D eigenvalue weighted by Gasteiger charge is 2.19. The smallest absolute Gasteiger partial charge is 0.228 e. The molecule has 0 fully saturated rings. The molecule has 0 radical (unpaired) electrons. The van der Waals surface area contributed by atoms with Gasteiger partial charge in [0.25, 0.3) is 0 Å². The molecule has 0 spiro atoms. The number of fused-ring (bicyclic) bond motifs is 1. The normalized spacial score (nSPS) is 13.8. The molecule has 0 aromatic heterocycles. The molecule has 1 heterocycles. The lowest BCUT2D eigenvalue weighted by atomic mass is 10.1. The van der Waals surface area contributed by atoms with Gasteiger partial charge >= 0.3 is 0 Å². The molecule has 0 unspecified atom stereocenters. The number of halogens is 1. The van der Waals surface area contributed by atoms with E-state index >= 15 is 0 Å². The number of methoxy groups -OCH3 is 1. The van der Waals surface area contributed by atoms with E-state index < -0.39 is 0 Å². The number of amides is 1. The number of carbonyl (C=O) groups is 1. The number of anilines is 1. The van der Waals surface area contributed by atoms with E-state index in [0.717, 1.165) is 11.3 Å². The maximum Gasteiger partial charge on any atom is 0.228 e. The Bertz CT molecular complexity index is 376. The summed E-state index contributed by atoms with van der Waals surface area (Å²) in [5.41, 5.74) is 1.72. The molecule has 3 nitrogen and oxygen atoms in total. The molecular formula is C9H8ClNO2. The van der Waals surface area contributed by atoms with Gasteiger partial charge in [-0.15, -0.1) is 0 Å². The fourth-order valence-electron chi connectivity index (χ4n) is 1.38. The highest BCUT2D eigenvalue weighted by atomic mass is 35.5. The summed E-state index contributed by atoms with van der Waals surface area (Å²) in [6.07, 6.45) is 0.406. The second-order valence-electron chi connectivity index (χ2n) is 2.87. The summed E-state index contributed by atoms with van der Waals surface area (Å²) in [7, 11) is 1.55. The molecule has 1 aliphatic heterocycles. The predicted molar refractivity (Wildman–Crippen MR) is 50.3 cm³/mol. The van der Waals surface area contributed by atoms with Gasteiger partial charge in [0.05, 0.1) is 18.6 Å². The van der Waals surface area contributed by atoms with Crippen molar-refractivity contribution in [3.63, 3.8) is 0 Å². The molecule has 1 aromatic carbocycles. The Morgan fingerprint density at radius 2 is 2.31 bits per heavy atom. The van der Waals surface area contributed by atoms with Gasteiger partial charge in [-0.05, 0) is 17.7 Å². The van der Waals surface area contributed by atoms with E-state index in [-0.39, 0.29) is 5.91 Å². The Hall–Kier alpha value is -1.22. The maximum absolute atomic E-state index is 11.0. The highest BCUT2D eigenvalue weighted by molar-refractivity contribution is 6.32. The number of ether oxygens (including phenoxy) is 1. The first-order valence-corrected chi connectivity index (χ1v) is 4.25. The van der Waals surface area contributed by atoms with Gasteiger partial charge in [-0.1, -0.05) is 11.6 Å². The van der Waals surface area contributed by atoms with Crippen LogP contribution >= 0.6 is 11.6 Å². The van der Waals surface area contributed by atoms with Crippen molar-refractivity contribution in [3.8, 4) is 5.75 Å². The van der Waals surface area contributed by atoms with Gasteiger partial charge in [0, 0.05) is 5.69 Å². The van der Waals surface area contributed by atoms with Gasteiger partial charge in [0.15, 0.2) is 0 Å². The largest absolute Gasteiger partial charge is 0.495 e. The zero-order valence-corrected chi connectivity index (χ0v) is 7.81. The van der Waals surface area contributed by atoms with Crippen molar-refractivity contribution >= 4 is 23.2 Å². The molecular weight excluding hydrogens is 190 g/mol. The van der Waals surface area contributed by atoms with Gasteiger partial charge in [-0.3, -0.25) is 4.79 Å². The lowest BCUT2D eigenvalue weighted by Gasteiger charge is -2.05. The first-order chi connectivity index (χ1) is 6.20. The summed E-state index contributed by atoms with van der Waals surface area (Å²) in [6, 6.07) is 3.50. The van der Waals surface area contributed by atoms with Gasteiger partial charge in [0.1, 0.15) is 5.75 Å². The lowest BCUT2D eigenvalue weighted by molar-refractivity contribution is -0.115. The zero-order chi connectivity index (χ0) is 9.42. The number of hydrogen-bond acceptors (Lipinski definition) is 2. The highest BCUT2D eigenvalue weighted by Crippen LogP contribution is 2.33. The first kappa shape index (κ1) is 8.38. The topological polar surface area (TPSA) is 38.3 Å². The molecule has 2 rings (SSSR count). The Kier molecular flexibility index (Phi) is 1.88. The minimum absolute atomic E-state index is 0.000630. The molecule has 0 atom stereocenters. The third-order valence-electron chi connectivity index (χ3n) is 2.00. The molecule has 13 heavy (non-hydrogen) atoms. The van der Waals surface area contributed by atoms with Crippen molar-refractivity contribution in [2.75, 3.05) is 12.4 Å². The molecule has 0 aliphatic carbocycles. The summed E-state index contributed by atoms with van der Waals surface area (Å²) in [4.78, 5) is 11.0. The van der Waals surface area contributed by atoms with Crippen LogP contribution in [0.3, 0.4) is 0 Å². The predicted octanol–water partition coefficient (Wildman–Crippen LogP) is 1.84. The average molecular weight is 198 g/mol. The minimum atomic E-state index is -0.000630. The van der Waals surface area contributed by atoms with Crippen LogP contribution in [0.5, 0.6) is 5.75 Å². The van der Waals surface area contributed by atoms with Crippen LogP contribution in [-0.2, 0) is 11.2 Å². The molecule has 4 heteroatoms. The SMILES string of the molecule is COc1cc2c(cc1Cl)NC(=O)C2. The molecule has 68 valence electrons. The lowest BCUT2D eigenvalue weighted by Crippen LogP contribution is -2.03. The van der Waals surface area contributed by atoms with Crippen molar-refractivity contribution in [1.29, 1.82) is 0 Å². The average Bonchev–Trinajstić information content (AvgIpc) is 2.42. The Morgan fingerprint density at radius 3 is 3.00 bits per heavy atom. The molecule has 0 saturated heterocycles. The summed E-state index contributed by atoms with van der Waals surface area (Å²) in [6.45, 7) is 0. The van der Waals surface area contributed by atoms with Crippen LogP contribution in [0.4, 0.5) is 5.69 Å². The van der Waals surface area contributed by atoms with E-state index in [1.807, 2.05) is 0 Å². The second kappa shape index (κ2) is 2.92. The van der Waals surface area contributed by atoms with Crippen molar-refractivity contribution < 1.29 is 9.53 Å². The van der Waals surface area contributed by atoms with Gasteiger partial charge in [-0.2, -0.15) is 0 Å². The molecule has 0 saturated carbocycles. The van der Waals surface area contributed by atoms with Crippen molar-refractivity contribution in [2.45, 2.75) is 6.42 Å². The minimum Gasteiger partial charge on any atom is -0.495 e. The van der Waals surface area contributed by atoms with Crippen LogP contribution in [0.25, 0.3) is 0 Å². The summed E-state index contributed by atoms with van der Waals surface area (Å²) in [5, 5.41) is 3.23. The van der Waals surface area contributed by atoms with Crippen LogP contribution < -0.4 is 10.1 Å². The third kappa shape index (κ3) is 1.35. The fourth-order valence-corrected chi connectivity index (χ4v) is 1.62. The zero-order valence-electron chi connectivity index (χ0n) is 7.06. The van der Waals surface area contributed by atoms with Crippen LogP contribution in [0, 0.1) is 0 Å².